The number of aromatic nitrogens is 1. The Morgan fingerprint density at radius 3 is 2.17 bits per heavy atom. The van der Waals surface area contributed by atoms with Crippen LogP contribution in [0.2, 0.25) is 0 Å². The van der Waals surface area contributed by atoms with Crippen molar-refractivity contribution in [2.24, 2.45) is 5.92 Å². The second-order valence-electron chi connectivity index (χ2n) is 9.29. The number of hydrogen-bond donors (Lipinski definition) is 0. The molecule has 0 radical (unpaired) electrons. The summed E-state index contributed by atoms with van der Waals surface area (Å²) in [5.41, 5.74) is 0.0301. The molecule has 1 fully saturated rings. The highest BCUT2D eigenvalue weighted by atomic mass is 32.2. The summed E-state index contributed by atoms with van der Waals surface area (Å²) in [6.07, 6.45) is -2.73. The molecule has 0 aliphatic carbocycles. The Bertz CT molecular complexity index is 1440. The third-order valence-corrected chi connectivity index (χ3v) is 9.43. The molecule has 36 heavy (non-hydrogen) atoms. The lowest BCUT2D eigenvalue weighted by atomic mass is 9.85. The van der Waals surface area contributed by atoms with Crippen LogP contribution in [0.25, 0.3) is 5.69 Å². The molecule has 0 spiro atoms. The van der Waals surface area contributed by atoms with Gasteiger partial charge >= 0.3 is 6.18 Å². The number of amides is 1. The molecule has 2 aromatic carbocycles. The first kappa shape index (κ1) is 25.7. The second-order valence-corrected chi connectivity index (χ2v) is 11.8. The quantitative estimate of drug-likeness (QED) is 0.484. The highest BCUT2D eigenvalue weighted by Gasteiger charge is 2.46. The minimum Gasteiger partial charge on any atom is -0.312 e. The number of pyridine rings is 1. The van der Waals surface area contributed by atoms with Crippen molar-refractivity contribution in [3.8, 4) is 5.69 Å². The molecule has 2 heterocycles. The van der Waals surface area contributed by atoms with E-state index in [1.54, 1.807) is 47.5 Å². The van der Waals surface area contributed by atoms with Gasteiger partial charge in [-0.15, -0.1) is 0 Å². The fraction of sp³-hybridized carbons (Fsp3) is 0.308. The number of hydrogen-bond acceptors (Lipinski definition) is 4. The van der Waals surface area contributed by atoms with Crippen molar-refractivity contribution in [1.29, 1.82) is 0 Å². The molecule has 190 valence electrons. The van der Waals surface area contributed by atoms with Crippen molar-refractivity contribution in [3.63, 3.8) is 0 Å². The Morgan fingerprint density at radius 1 is 0.889 bits per heavy atom. The van der Waals surface area contributed by atoms with Gasteiger partial charge in [-0.3, -0.25) is 14.2 Å². The van der Waals surface area contributed by atoms with E-state index in [-0.39, 0.29) is 24.4 Å². The number of sulfone groups is 1. The van der Waals surface area contributed by atoms with E-state index in [2.05, 4.69) is 0 Å². The molecular formula is C26H25F3N2O4S. The molecule has 1 atom stereocenters. The van der Waals surface area contributed by atoms with Crippen molar-refractivity contribution in [2.45, 2.75) is 42.5 Å². The number of benzene rings is 2. The first-order valence-corrected chi connectivity index (χ1v) is 12.8. The van der Waals surface area contributed by atoms with Crippen LogP contribution >= 0.6 is 0 Å². The summed E-state index contributed by atoms with van der Waals surface area (Å²) in [6, 6.07) is 15.4. The molecular weight excluding hydrogens is 493 g/mol. The van der Waals surface area contributed by atoms with Crippen molar-refractivity contribution in [1.82, 2.24) is 4.57 Å². The first-order chi connectivity index (χ1) is 16.8. The van der Waals surface area contributed by atoms with Crippen LogP contribution in [0.3, 0.4) is 0 Å². The highest BCUT2D eigenvalue weighted by molar-refractivity contribution is 7.92. The summed E-state index contributed by atoms with van der Waals surface area (Å²) in [7, 11) is -4.17. The molecule has 1 amide bonds. The minimum absolute atomic E-state index is 0.0644. The number of nitrogens with zero attached hydrogens (tertiary/aromatic N) is 2. The molecule has 6 nitrogen and oxygen atoms in total. The fourth-order valence-corrected chi connectivity index (χ4v) is 6.28. The van der Waals surface area contributed by atoms with Crippen LogP contribution in [0.15, 0.2) is 82.6 Å². The molecule has 0 N–H and O–H groups in total. The number of anilines is 1. The van der Waals surface area contributed by atoms with Crippen LogP contribution in [0.5, 0.6) is 0 Å². The van der Waals surface area contributed by atoms with Gasteiger partial charge in [0.1, 0.15) is 0 Å². The normalized spacial score (nSPS) is 17.3. The van der Waals surface area contributed by atoms with E-state index in [4.69, 9.17) is 0 Å². The van der Waals surface area contributed by atoms with E-state index in [1.807, 2.05) is 0 Å². The summed E-state index contributed by atoms with van der Waals surface area (Å²) in [5, 5.41) is 0. The molecule has 1 aromatic heterocycles. The molecule has 10 heteroatoms. The van der Waals surface area contributed by atoms with E-state index in [1.165, 1.54) is 24.5 Å². The van der Waals surface area contributed by atoms with Gasteiger partial charge in [-0.25, -0.2) is 8.42 Å². The maximum atomic E-state index is 13.4. The molecule has 0 saturated carbocycles. The van der Waals surface area contributed by atoms with Crippen LogP contribution in [-0.4, -0.2) is 30.2 Å². The van der Waals surface area contributed by atoms with E-state index in [0.717, 1.165) is 18.2 Å². The van der Waals surface area contributed by atoms with Gasteiger partial charge in [0, 0.05) is 36.6 Å². The third-order valence-electron chi connectivity index (χ3n) is 6.83. The van der Waals surface area contributed by atoms with Crippen LogP contribution in [0, 0.1) is 5.92 Å². The van der Waals surface area contributed by atoms with Gasteiger partial charge in [-0.05, 0) is 74.7 Å². The number of rotatable bonds is 5. The van der Waals surface area contributed by atoms with E-state index in [0.29, 0.717) is 23.9 Å². The summed E-state index contributed by atoms with van der Waals surface area (Å²) in [5.74, 6) is -0.855. The number of halogens is 3. The summed E-state index contributed by atoms with van der Waals surface area (Å²) in [6.45, 7) is 3.18. The molecule has 0 bridgehead atoms. The molecule has 4 rings (SSSR count). The Balaban J connectivity index is 1.53. The first-order valence-electron chi connectivity index (χ1n) is 11.3. The predicted molar refractivity (Wildman–Crippen MR) is 130 cm³/mol. The summed E-state index contributed by atoms with van der Waals surface area (Å²) in [4.78, 5) is 26.2. The zero-order valence-electron chi connectivity index (χ0n) is 19.7. The van der Waals surface area contributed by atoms with Crippen LogP contribution in [0.4, 0.5) is 18.9 Å². The lowest BCUT2D eigenvalue weighted by Crippen LogP contribution is -2.48. The van der Waals surface area contributed by atoms with Gasteiger partial charge < -0.3 is 4.90 Å². The Kier molecular flexibility index (Phi) is 6.59. The molecule has 3 aromatic rings. The largest absolute Gasteiger partial charge is 0.416 e. The van der Waals surface area contributed by atoms with Crippen molar-refractivity contribution < 1.29 is 26.4 Å². The lowest BCUT2D eigenvalue weighted by molar-refractivity contribution is -0.137. The van der Waals surface area contributed by atoms with Crippen molar-refractivity contribution in [3.05, 3.63) is 88.8 Å². The average Bonchev–Trinajstić information content (AvgIpc) is 2.84. The number of carbonyl (C=O) groups is 1. The standard InChI is InChI=1S/C26H25F3N2O4S/c1-25(2,36(34,35)22-7-5-6-19(16-22)26(27,28)29)18-13-15-31(24(33)17-18)21-11-9-20(10-12-21)30-14-4-3-8-23(30)32/h3-12,14,16,18H,13,15,17H2,1-2H3/t18-/m0/s1. The number of piperidine rings is 1. The van der Waals surface area contributed by atoms with E-state index < -0.39 is 37.1 Å². The second kappa shape index (κ2) is 9.24. The Labute approximate surface area is 206 Å². The van der Waals surface area contributed by atoms with Crippen molar-refractivity contribution >= 4 is 21.4 Å². The van der Waals surface area contributed by atoms with Gasteiger partial charge in [-0.1, -0.05) is 12.1 Å². The Morgan fingerprint density at radius 2 is 1.56 bits per heavy atom. The smallest absolute Gasteiger partial charge is 0.312 e. The Hall–Kier alpha value is -3.40. The van der Waals surface area contributed by atoms with Gasteiger partial charge in [0.2, 0.25) is 5.91 Å². The third kappa shape index (κ3) is 4.69. The minimum atomic E-state index is -4.67. The lowest BCUT2D eigenvalue weighted by Gasteiger charge is -2.39. The molecule has 0 unspecified atom stereocenters. The fourth-order valence-electron chi connectivity index (χ4n) is 4.50. The van der Waals surface area contributed by atoms with Gasteiger partial charge in [0.25, 0.3) is 5.56 Å². The predicted octanol–water partition coefficient (Wildman–Crippen LogP) is 4.85. The molecule has 1 aliphatic heterocycles. The zero-order chi connectivity index (χ0) is 26.3. The summed E-state index contributed by atoms with van der Waals surface area (Å²) >= 11 is 0. The van der Waals surface area contributed by atoms with Gasteiger partial charge in [-0.2, -0.15) is 13.2 Å². The highest BCUT2D eigenvalue weighted by Crippen LogP contribution is 2.40. The van der Waals surface area contributed by atoms with Crippen LogP contribution in [-0.2, 0) is 20.8 Å². The van der Waals surface area contributed by atoms with Crippen LogP contribution < -0.4 is 10.5 Å². The van der Waals surface area contributed by atoms with Crippen molar-refractivity contribution in [2.75, 3.05) is 11.4 Å². The number of alkyl halides is 3. The monoisotopic (exact) mass is 518 g/mol. The maximum Gasteiger partial charge on any atom is 0.416 e. The van der Waals surface area contributed by atoms with E-state index in [9.17, 15) is 31.2 Å². The SMILES string of the molecule is CC(C)([C@H]1CCN(c2ccc(-n3ccccc3=O)cc2)C(=O)C1)S(=O)(=O)c1cccc(C(F)(F)F)c1. The maximum absolute atomic E-state index is 13.4. The zero-order valence-corrected chi connectivity index (χ0v) is 20.5. The van der Waals surface area contributed by atoms with Gasteiger partial charge in [0.15, 0.2) is 9.84 Å². The molecule has 1 saturated heterocycles. The average molecular weight is 519 g/mol. The van der Waals surface area contributed by atoms with Gasteiger partial charge in [0.05, 0.1) is 15.2 Å². The topological polar surface area (TPSA) is 76.5 Å². The molecule has 1 aliphatic rings. The van der Waals surface area contributed by atoms with E-state index >= 15 is 0 Å². The number of carbonyl (C=O) groups excluding carboxylic acids is 1. The summed E-state index contributed by atoms with van der Waals surface area (Å²) < 4.78 is 66.2. The van der Waals surface area contributed by atoms with Crippen LogP contribution in [0.1, 0.15) is 32.3 Å².